The van der Waals surface area contributed by atoms with Crippen LogP contribution in [0, 0.1) is 4.91 Å². The molecule has 1 N–H and O–H groups in total. The van der Waals surface area contributed by atoms with Crippen LogP contribution in [0.3, 0.4) is 0 Å². The first-order chi connectivity index (χ1) is 4.88. The zero-order valence-corrected chi connectivity index (χ0v) is 5.88. The van der Waals surface area contributed by atoms with Gasteiger partial charge in [-0.25, -0.2) is 4.99 Å². The molecule has 0 radical (unpaired) electrons. The lowest BCUT2D eigenvalue weighted by molar-refractivity contribution is -0.465. The number of nitroso groups, excluding NO2 is 1. The van der Waals surface area contributed by atoms with Crippen molar-refractivity contribution < 1.29 is 4.76 Å². The number of hydrogen-bond donors (Lipinski definition) is 1. The summed E-state index contributed by atoms with van der Waals surface area (Å²) in [4.78, 5) is 14.7. The summed E-state index contributed by atoms with van der Waals surface area (Å²) in [6.07, 6.45) is 1.63. The summed E-state index contributed by atoms with van der Waals surface area (Å²) in [7, 11) is 0.714. The zero-order chi connectivity index (χ0) is 6.97. The molecule has 1 aliphatic rings. The van der Waals surface area contributed by atoms with Gasteiger partial charge >= 0.3 is 5.82 Å². The number of aliphatic imine (C=N–C) groups is 1. The van der Waals surface area contributed by atoms with Crippen LogP contribution < -0.4 is 0 Å². The van der Waals surface area contributed by atoms with Crippen LogP contribution in [0.4, 0.5) is 5.82 Å². The van der Waals surface area contributed by atoms with E-state index in [0.717, 1.165) is 10.5 Å². The van der Waals surface area contributed by atoms with Gasteiger partial charge in [0.15, 0.2) is 5.69 Å². The number of H-pyrrole nitrogens is 1. The molecule has 1 aromatic heterocycles. The lowest BCUT2D eigenvalue weighted by Gasteiger charge is -1.93. The Morgan fingerprint density at radius 3 is 3.50 bits per heavy atom. The van der Waals surface area contributed by atoms with Crippen molar-refractivity contribution in [3.8, 4) is 0 Å². The number of fused-ring (bicyclic) bond motifs is 1. The molecule has 2 rings (SSSR count). The van der Waals surface area contributed by atoms with Gasteiger partial charge in [0, 0.05) is 9.51 Å². The largest absolute Gasteiger partial charge is 0.393 e. The number of nitrogens with one attached hydrogen (secondary N) is 1. The Morgan fingerprint density at radius 1 is 1.80 bits per heavy atom. The highest BCUT2D eigenvalue weighted by molar-refractivity contribution is 7.20. The molecule has 0 atom stereocenters. The second kappa shape index (κ2) is 1.95. The van der Waals surface area contributed by atoms with E-state index in [0.29, 0.717) is 14.3 Å². The van der Waals surface area contributed by atoms with Crippen LogP contribution >= 0.6 is 8.51 Å². The predicted octanol–water partition coefficient (Wildman–Crippen LogP) is 0.790. The summed E-state index contributed by atoms with van der Waals surface area (Å²) < 4.78 is 7.55. The molecule has 10 heavy (non-hydrogen) atoms. The molecule has 1 aromatic rings. The van der Waals surface area contributed by atoms with Crippen LogP contribution in [0.25, 0.3) is 0 Å². The molecule has 5 nitrogen and oxygen atoms in total. The normalized spacial score (nSPS) is 16.2. The van der Waals surface area contributed by atoms with E-state index < -0.39 is 0 Å². The summed E-state index contributed by atoms with van der Waals surface area (Å²) in [5, 5.41) is 0. The fourth-order valence-electron chi connectivity index (χ4n) is 0.774. The number of rotatable bonds is 0. The maximum atomic E-state index is 10.9. The SMILES string of the molecule is O=[N+]1CN=Cc2[nH]pnc21. The minimum Gasteiger partial charge on any atom is -0.293 e. The summed E-state index contributed by atoms with van der Waals surface area (Å²) in [5.74, 6) is 0.469. The third-order valence-corrected chi connectivity index (χ3v) is 1.85. The average Bonchev–Trinajstić information content (AvgIpc) is 2.36. The summed E-state index contributed by atoms with van der Waals surface area (Å²) >= 11 is 0. The molecule has 6 heteroatoms. The van der Waals surface area contributed by atoms with Gasteiger partial charge in [0.25, 0.3) is 8.51 Å². The first-order valence-electron chi connectivity index (χ1n) is 2.73. The molecule has 0 aliphatic carbocycles. The average molecular weight is 155 g/mol. The molecule has 50 valence electrons. The topological polar surface area (TPSA) is 61.1 Å². The Kier molecular flexibility index (Phi) is 1.11. The van der Waals surface area contributed by atoms with Crippen LogP contribution in [0.15, 0.2) is 4.99 Å². The minimum absolute atomic E-state index is 0.166. The van der Waals surface area contributed by atoms with Gasteiger partial charge in [0.2, 0.25) is 6.67 Å². The van der Waals surface area contributed by atoms with Gasteiger partial charge in [-0.05, 0) is 0 Å². The third kappa shape index (κ3) is 0.675. The molecular formula is C4H4N4OP+. The molecule has 0 spiro atoms. The highest BCUT2D eigenvalue weighted by Crippen LogP contribution is 2.18. The van der Waals surface area contributed by atoms with Crippen molar-refractivity contribution >= 4 is 20.5 Å². The van der Waals surface area contributed by atoms with E-state index in [2.05, 4.69) is 14.5 Å². The Labute approximate surface area is 58.0 Å². The van der Waals surface area contributed by atoms with Crippen LogP contribution in [0.2, 0.25) is 0 Å². The number of aromatic amines is 1. The molecule has 0 fully saturated rings. The lowest BCUT2D eigenvalue weighted by Crippen LogP contribution is -2.08. The van der Waals surface area contributed by atoms with Crippen molar-refractivity contribution in [1.82, 2.24) is 9.49 Å². The monoisotopic (exact) mass is 155 g/mol. The van der Waals surface area contributed by atoms with E-state index in [9.17, 15) is 4.91 Å². The standard InChI is InChI=1S/C4H4N4OP/c9-8-2-5-1-3-4(8)7-10-6-3/h1H,2H2,(H,6,7)/q+1. The first-order valence-corrected chi connectivity index (χ1v) is 3.58. The fraction of sp³-hybridized carbons (Fsp3) is 0.250. The molecule has 2 heterocycles. The summed E-state index contributed by atoms with van der Waals surface area (Å²) in [6.45, 7) is 0.166. The molecule has 0 bridgehead atoms. The molecule has 1 aliphatic heterocycles. The maximum Gasteiger partial charge on any atom is 0.393 e. The number of aromatic nitrogens is 2. The summed E-state index contributed by atoms with van der Waals surface area (Å²) in [6, 6.07) is 0. The zero-order valence-electron chi connectivity index (χ0n) is 4.98. The van der Waals surface area contributed by atoms with E-state index in [1.54, 1.807) is 6.21 Å². The van der Waals surface area contributed by atoms with Crippen molar-refractivity contribution in [3.63, 3.8) is 0 Å². The predicted molar refractivity (Wildman–Crippen MR) is 36.8 cm³/mol. The molecular weight excluding hydrogens is 151 g/mol. The molecule has 0 unspecified atom stereocenters. The Hall–Kier alpha value is -1.09. The van der Waals surface area contributed by atoms with Crippen LogP contribution in [0.5, 0.6) is 0 Å². The van der Waals surface area contributed by atoms with Gasteiger partial charge in [-0.1, -0.05) is 4.91 Å². The van der Waals surface area contributed by atoms with Crippen molar-refractivity contribution in [2.45, 2.75) is 0 Å². The van der Waals surface area contributed by atoms with E-state index >= 15 is 0 Å². The van der Waals surface area contributed by atoms with Crippen LogP contribution in [-0.2, 0) is 0 Å². The maximum absolute atomic E-state index is 10.9. The van der Waals surface area contributed by atoms with Gasteiger partial charge in [-0.3, -0.25) is 4.75 Å². The van der Waals surface area contributed by atoms with E-state index in [-0.39, 0.29) is 6.67 Å². The van der Waals surface area contributed by atoms with Gasteiger partial charge in [-0.15, -0.1) is 0 Å². The van der Waals surface area contributed by atoms with Gasteiger partial charge in [0.05, 0.1) is 6.21 Å². The van der Waals surface area contributed by atoms with Gasteiger partial charge < -0.3 is 0 Å². The molecule has 0 amide bonds. The van der Waals surface area contributed by atoms with Crippen molar-refractivity contribution in [2.24, 2.45) is 4.99 Å². The first kappa shape index (κ1) is 5.68. The third-order valence-electron chi connectivity index (χ3n) is 1.22. The highest BCUT2D eigenvalue weighted by atomic mass is 31.1. The lowest BCUT2D eigenvalue weighted by atomic mass is 10.4. The Balaban J connectivity index is 2.62. The summed E-state index contributed by atoms with van der Waals surface area (Å²) in [5.41, 5.74) is 0.725. The van der Waals surface area contributed by atoms with E-state index in [1.807, 2.05) is 0 Å². The van der Waals surface area contributed by atoms with Crippen LogP contribution in [0.1, 0.15) is 5.69 Å². The molecule has 0 saturated heterocycles. The fourth-order valence-corrected chi connectivity index (χ4v) is 1.39. The second-order valence-electron chi connectivity index (χ2n) is 1.88. The highest BCUT2D eigenvalue weighted by Gasteiger charge is 2.23. The van der Waals surface area contributed by atoms with E-state index in [1.165, 1.54) is 0 Å². The van der Waals surface area contributed by atoms with Crippen molar-refractivity contribution in [2.75, 3.05) is 6.67 Å². The van der Waals surface area contributed by atoms with E-state index in [4.69, 9.17) is 0 Å². The second-order valence-corrected chi connectivity index (χ2v) is 2.50. The molecule has 0 saturated carbocycles. The Morgan fingerprint density at radius 2 is 2.70 bits per heavy atom. The molecule has 0 aromatic carbocycles. The quantitative estimate of drug-likeness (QED) is 0.563. The smallest absolute Gasteiger partial charge is 0.293 e. The van der Waals surface area contributed by atoms with Crippen molar-refractivity contribution in [3.05, 3.63) is 10.6 Å². The van der Waals surface area contributed by atoms with Crippen molar-refractivity contribution in [1.29, 1.82) is 0 Å². The number of hydrogen-bond acceptors (Lipinski definition) is 3. The van der Waals surface area contributed by atoms with Gasteiger partial charge in [0.1, 0.15) is 0 Å². The minimum atomic E-state index is 0.166. The van der Waals surface area contributed by atoms with Crippen LogP contribution in [-0.4, -0.2) is 27.1 Å². The van der Waals surface area contributed by atoms with Gasteiger partial charge in [-0.2, -0.15) is 0 Å². The Bertz CT molecular complexity index is 304. The number of nitrogens with zero attached hydrogens (tertiary/aromatic N) is 3.